The van der Waals surface area contributed by atoms with Crippen LogP contribution >= 0.6 is 27.5 Å². The summed E-state index contributed by atoms with van der Waals surface area (Å²) < 4.78 is 0.749. The molecule has 0 aromatic heterocycles. The highest BCUT2D eigenvalue weighted by Gasteiger charge is 2.36. The smallest absolute Gasteiger partial charge is 0.256 e. The monoisotopic (exact) mass is 358 g/mol. The molecule has 0 bridgehead atoms. The minimum absolute atomic E-state index is 0.143. The third-order valence-electron chi connectivity index (χ3n) is 3.06. The van der Waals surface area contributed by atoms with Gasteiger partial charge in [-0.3, -0.25) is 19.7 Å². The van der Waals surface area contributed by atoms with Crippen LogP contribution in [0.2, 0.25) is 5.02 Å². The Morgan fingerprint density at radius 1 is 1.50 bits per heavy atom. The van der Waals surface area contributed by atoms with Gasteiger partial charge in [-0.05, 0) is 24.6 Å². The molecule has 1 aromatic carbocycles. The number of carbonyl (C=O) groups is 3. The summed E-state index contributed by atoms with van der Waals surface area (Å²) in [5.41, 5.74) is 0.274. The number of carbonyl (C=O) groups excluding carboxylic acids is 3. The lowest BCUT2D eigenvalue weighted by Crippen LogP contribution is -2.59. The molecular weight excluding hydrogens is 348 g/mol. The molecule has 1 aliphatic heterocycles. The molecule has 1 N–H and O–H groups in total. The molecule has 7 heteroatoms. The number of nitrogens with zero attached hydrogens (tertiary/aromatic N) is 1. The van der Waals surface area contributed by atoms with Crippen molar-refractivity contribution >= 4 is 45.3 Å². The van der Waals surface area contributed by atoms with E-state index < -0.39 is 23.8 Å². The van der Waals surface area contributed by atoms with E-state index in [0.717, 1.165) is 4.47 Å². The van der Waals surface area contributed by atoms with Gasteiger partial charge in [-0.2, -0.15) is 0 Å². The molecule has 1 atom stereocenters. The van der Waals surface area contributed by atoms with E-state index in [0.29, 0.717) is 6.42 Å². The van der Waals surface area contributed by atoms with Crippen LogP contribution in [0.5, 0.6) is 0 Å². The second-order valence-corrected chi connectivity index (χ2v) is 5.72. The number of imide groups is 1. The number of nitrogens with one attached hydrogen (secondary N) is 1. The van der Waals surface area contributed by atoms with Crippen LogP contribution in [-0.2, 0) is 9.59 Å². The number of rotatable bonds is 2. The van der Waals surface area contributed by atoms with Crippen molar-refractivity contribution in [2.45, 2.75) is 19.4 Å². The van der Waals surface area contributed by atoms with Gasteiger partial charge >= 0.3 is 0 Å². The fourth-order valence-corrected chi connectivity index (χ4v) is 2.86. The average molecular weight is 360 g/mol. The Bertz CT molecular complexity index is 591. The van der Waals surface area contributed by atoms with Gasteiger partial charge in [0, 0.05) is 4.47 Å². The molecule has 106 valence electrons. The minimum atomic E-state index is -0.653. The maximum atomic E-state index is 12.5. The summed E-state index contributed by atoms with van der Waals surface area (Å²) >= 11 is 9.30. The first-order valence-electron chi connectivity index (χ1n) is 6.03. The fraction of sp³-hybridized carbons (Fsp3) is 0.308. The van der Waals surface area contributed by atoms with Crippen LogP contribution in [0.4, 0.5) is 0 Å². The van der Waals surface area contributed by atoms with Gasteiger partial charge in [0.2, 0.25) is 11.8 Å². The Morgan fingerprint density at radius 3 is 2.80 bits per heavy atom. The zero-order chi connectivity index (χ0) is 14.9. The largest absolute Gasteiger partial charge is 0.317 e. The SMILES string of the molecule is CCC1C(=O)NC(=O)CN1C(=O)c1ccc(Br)cc1Cl. The van der Waals surface area contributed by atoms with E-state index in [1.54, 1.807) is 25.1 Å². The Hall–Kier alpha value is -1.40. The summed E-state index contributed by atoms with van der Waals surface area (Å²) in [6, 6.07) is 4.20. The van der Waals surface area contributed by atoms with Crippen LogP contribution < -0.4 is 5.32 Å². The maximum absolute atomic E-state index is 12.5. The molecule has 1 unspecified atom stereocenters. The molecule has 3 amide bonds. The summed E-state index contributed by atoms with van der Waals surface area (Å²) in [4.78, 5) is 37.0. The Balaban J connectivity index is 2.34. The highest BCUT2D eigenvalue weighted by Crippen LogP contribution is 2.24. The summed E-state index contributed by atoms with van der Waals surface area (Å²) in [7, 11) is 0. The first-order valence-corrected chi connectivity index (χ1v) is 7.20. The van der Waals surface area contributed by atoms with E-state index in [4.69, 9.17) is 11.6 Å². The molecule has 0 radical (unpaired) electrons. The molecule has 5 nitrogen and oxygen atoms in total. The van der Waals surface area contributed by atoms with E-state index >= 15 is 0 Å². The summed E-state index contributed by atoms with van der Waals surface area (Å²) in [5, 5.41) is 2.50. The fourth-order valence-electron chi connectivity index (χ4n) is 2.10. The first kappa shape index (κ1) is 15.0. The number of amides is 3. The normalized spacial score (nSPS) is 18.9. The second-order valence-electron chi connectivity index (χ2n) is 4.39. The molecule has 1 saturated heterocycles. The third-order valence-corrected chi connectivity index (χ3v) is 3.87. The van der Waals surface area contributed by atoms with Crippen molar-refractivity contribution in [1.29, 1.82) is 0 Å². The second kappa shape index (κ2) is 5.93. The van der Waals surface area contributed by atoms with Crippen LogP contribution in [0.1, 0.15) is 23.7 Å². The molecular formula is C13H12BrClN2O3. The molecule has 1 aromatic rings. The molecule has 0 aliphatic carbocycles. The molecule has 0 saturated carbocycles. The topological polar surface area (TPSA) is 66.5 Å². The lowest BCUT2D eigenvalue weighted by molar-refractivity contribution is -0.138. The van der Waals surface area contributed by atoms with E-state index in [2.05, 4.69) is 21.2 Å². The zero-order valence-electron chi connectivity index (χ0n) is 10.7. The van der Waals surface area contributed by atoms with Crippen LogP contribution in [-0.4, -0.2) is 35.2 Å². The molecule has 20 heavy (non-hydrogen) atoms. The average Bonchev–Trinajstić information content (AvgIpc) is 2.37. The molecule has 1 heterocycles. The van der Waals surface area contributed by atoms with Gasteiger partial charge in [0.05, 0.1) is 10.6 Å². The highest BCUT2D eigenvalue weighted by atomic mass is 79.9. The lowest BCUT2D eigenvalue weighted by Gasteiger charge is -2.33. The maximum Gasteiger partial charge on any atom is 0.256 e. The number of halogens is 2. The van der Waals surface area contributed by atoms with Crippen LogP contribution in [0.15, 0.2) is 22.7 Å². The predicted octanol–water partition coefficient (Wildman–Crippen LogP) is 1.98. The first-order chi connectivity index (χ1) is 9.43. The Labute approximate surface area is 129 Å². The van der Waals surface area contributed by atoms with E-state index in [-0.39, 0.29) is 17.1 Å². The van der Waals surface area contributed by atoms with Crippen LogP contribution in [0, 0.1) is 0 Å². The van der Waals surface area contributed by atoms with E-state index in [1.807, 2.05) is 0 Å². The number of hydrogen-bond acceptors (Lipinski definition) is 3. The van der Waals surface area contributed by atoms with Crippen molar-refractivity contribution in [3.05, 3.63) is 33.3 Å². The predicted molar refractivity (Wildman–Crippen MR) is 77.4 cm³/mol. The van der Waals surface area contributed by atoms with Crippen molar-refractivity contribution in [3.8, 4) is 0 Å². The van der Waals surface area contributed by atoms with Crippen molar-refractivity contribution in [2.75, 3.05) is 6.54 Å². The van der Waals surface area contributed by atoms with Crippen LogP contribution in [0.3, 0.4) is 0 Å². The zero-order valence-corrected chi connectivity index (χ0v) is 13.0. The quantitative estimate of drug-likeness (QED) is 0.821. The lowest BCUT2D eigenvalue weighted by atomic mass is 10.1. The number of benzene rings is 1. The Morgan fingerprint density at radius 2 is 2.20 bits per heavy atom. The van der Waals surface area contributed by atoms with Gasteiger partial charge in [-0.15, -0.1) is 0 Å². The van der Waals surface area contributed by atoms with Gasteiger partial charge in [0.25, 0.3) is 5.91 Å². The Kier molecular flexibility index (Phi) is 4.45. The van der Waals surface area contributed by atoms with Crippen molar-refractivity contribution < 1.29 is 14.4 Å². The van der Waals surface area contributed by atoms with Crippen molar-refractivity contribution in [1.82, 2.24) is 10.2 Å². The third kappa shape index (κ3) is 2.86. The van der Waals surface area contributed by atoms with Crippen molar-refractivity contribution in [2.24, 2.45) is 0 Å². The van der Waals surface area contributed by atoms with Gasteiger partial charge in [-0.25, -0.2) is 0 Å². The standard InChI is InChI=1S/C13H12BrClN2O3/c1-2-10-12(19)16-11(18)6-17(10)13(20)8-4-3-7(14)5-9(8)15/h3-5,10H,2,6H2,1H3,(H,16,18,19). The summed E-state index contributed by atoms with van der Waals surface area (Å²) in [6.45, 7) is 1.64. The van der Waals surface area contributed by atoms with Gasteiger partial charge < -0.3 is 4.90 Å². The minimum Gasteiger partial charge on any atom is -0.317 e. The number of piperazine rings is 1. The van der Waals surface area contributed by atoms with Gasteiger partial charge in [0.1, 0.15) is 12.6 Å². The number of hydrogen-bond donors (Lipinski definition) is 1. The summed E-state index contributed by atoms with van der Waals surface area (Å²) in [6.07, 6.45) is 0.430. The van der Waals surface area contributed by atoms with E-state index in [1.165, 1.54) is 4.90 Å². The van der Waals surface area contributed by atoms with Gasteiger partial charge in [0.15, 0.2) is 0 Å². The van der Waals surface area contributed by atoms with Gasteiger partial charge in [-0.1, -0.05) is 34.5 Å². The van der Waals surface area contributed by atoms with E-state index in [9.17, 15) is 14.4 Å². The summed E-state index contributed by atoms with van der Waals surface area (Å²) in [5.74, 6) is -1.36. The molecule has 1 aliphatic rings. The van der Waals surface area contributed by atoms with Crippen LogP contribution in [0.25, 0.3) is 0 Å². The van der Waals surface area contributed by atoms with Crippen molar-refractivity contribution in [3.63, 3.8) is 0 Å². The molecule has 1 fully saturated rings. The molecule has 2 rings (SSSR count). The highest BCUT2D eigenvalue weighted by molar-refractivity contribution is 9.10. The molecule has 0 spiro atoms.